The van der Waals surface area contributed by atoms with E-state index in [0.717, 1.165) is 5.69 Å². The first-order chi connectivity index (χ1) is 10.6. The molecule has 3 rings (SSSR count). The van der Waals surface area contributed by atoms with E-state index in [2.05, 4.69) is 5.32 Å². The van der Waals surface area contributed by atoms with Gasteiger partial charge in [0.15, 0.2) is 5.43 Å². The van der Waals surface area contributed by atoms with Crippen molar-refractivity contribution in [2.45, 2.75) is 6.54 Å². The van der Waals surface area contributed by atoms with Gasteiger partial charge in [0.1, 0.15) is 6.54 Å². The Bertz CT molecular complexity index is 888. The van der Waals surface area contributed by atoms with Gasteiger partial charge in [-0.2, -0.15) is 0 Å². The predicted octanol–water partition coefficient (Wildman–Crippen LogP) is 3.29. The van der Waals surface area contributed by atoms with Crippen LogP contribution in [-0.2, 0) is 11.3 Å². The number of pyridine rings is 1. The van der Waals surface area contributed by atoms with Crippen molar-refractivity contribution in [3.05, 3.63) is 76.0 Å². The van der Waals surface area contributed by atoms with E-state index < -0.39 is 0 Å². The molecule has 0 saturated carbocycles. The molecular weight excluding hydrogens is 300 g/mol. The molecule has 1 amide bonds. The third-order valence-electron chi connectivity index (χ3n) is 3.31. The largest absolute Gasteiger partial charge is 0.338 e. The third-order valence-corrected chi connectivity index (χ3v) is 3.55. The summed E-state index contributed by atoms with van der Waals surface area (Å²) in [5, 5.41) is 3.82. The van der Waals surface area contributed by atoms with E-state index >= 15 is 0 Å². The maximum absolute atomic E-state index is 12.1. The van der Waals surface area contributed by atoms with Crippen molar-refractivity contribution >= 4 is 34.1 Å². The number of nitrogens with one attached hydrogen (secondary N) is 1. The van der Waals surface area contributed by atoms with Crippen molar-refractivity contribution in [2.24, 2.45) is 0 Å². The van der Waals surface area contributed by atoms with Gasteiger partial charge in [-0.3, -0.25) is 9.59 Å². The van der Waals surface area contributed by atoms with E-state index in [1.807, 2.05) is 30.3 Å². The van der Waals surface area contributed by atoms with E-state index in [1.54, 1.807) is 29.0 Å². The van der Waals surface area contributed by atoms with Crippen LogP contribution in [0, 0.1) is 0 Å². The fourth-order valence-corrected chi connectivity index (χ4v) is 2.47. The fourth-order valence-electron chi connectivity index (χ4n) is 2.30. The first kappa shape index (κ1) is 14.4. The molecule has 110 valence electrons. The molecule has 0 fully saturated rings. The molecule has 0 aliphatic heterocycles. The number of amides is 1. The lowest BCUT2D eigenvalue weighted by molar-refractivity contribution is -0.116. The normalized spacial score (nSPS) is 10.6. The average molecular weight is 313 g/mol. The summed E-state index contributed by atoms with van der Waals surface area (Å²) in [6.45, 7) is 0.118. The topological polar surface area (TPSA) is 51.1 Å². The van der Waals surface area contributed by atoms with Crippen LogP contribution in [0.4, 0.5) is 5.69 Å². The van der Waals surface area contributed by atoms with Crippen LogP contribution >= 0.6 is 11.6 Å². The molecule has 0 spiro atoms. The van der Waals surface area contributed by atoms with Crippen LogP contribution < -0.4 is 10.7 Å². The van der Waals surface area contributed by atoms with Gasteiger partial charge in [-0.05, 0) is 30.3 Å². The molecule has 1 aromatic heterocycles. The van der Waals surface area contributed by atoms with Gasteiger partial charge in [0, 0.05) is 28.4 Å². The van der Waals surface area contributed by atoms with Crippen molar-refractivity contribution in [1.82, 2.24) is 4.57 Å². The van der Waals surface area contributed by atoms with Crippen molar-refractivity contribution in [3.8, 4) is 0 Å². The smallest absolute Gasteiger partial charge is 0.244 e. The number of anilines is 1. The number of carbonyl (C=O) groups excluding carboxylic acids is 1. The van der Waals surface area contributed by atoms with Crippen LogP contribution in [0.25, 0.3) is 10.9 Å². The Kier molecular flexibility index (Phi) is 3.94. The van der Waals surface area contributed by atoms with Gasteiger partial charge in [-0.25, -0.2) is 0 Å². The molecule has 2 aromatic carbocycles. The van der Waals surface area contributed by atoms with Gasteiger partial charge in [-0.15, -0.1) is 0 Å². The molecule has 4 nitrogen and oxygen atoms in total. The van der Waals surface area contributed by atoms with E-state index in [1.165, 1.54) is 6.07 Å². The first-order valence-electron chi connectivity index (χ1n) is 6.77. The Balaban J connectivity index is 1.89. The van der Waals surface area contributed by atoms with E-state index in [9.17, 15) is 9.59 Å². The second-order valence-corrected chi connectivity index (χ2v) is 5.32. The highest BCUT2D eigenvalue weighted by molar-refractivity contribution is 6.31. The zero-order chi connectivity index (χ0) is 15.5. The Morgan fingerprint density at radius 1 is 1.09 bits per heavy atom. The molecule has 1 N–H and O–H groups in total. The molecule has 0 aliphatic rings. The van der Waals surface area contributed by atoms with Gasteiger partial charge < -0.3 is 9.88 Å². The lowest BCUT2D eigenvalue weighted by atomic mass is 10.2. The molecule has 0 unspecified atom stereocenters. The summed E-state index contributed by atoms with van der Waals surface area (Å²) in [7, 11) is 0. The fraction of sp³-hybridized carbons (Fsp3) is 0.0588. The zero-order valence-electron chi connectivity index (χ0n) is 11.6. The molecule has 5 heteroatoms. The second kappa shape index (κ2) is 6.03. The summed E-state index contributed by atoms with van der Waals surface area (Å²) in [5.41, 5.74) is 1.30. The van der Waals surface area contributed by atoms with Crippen LogP contribution in [0.1, 0.15) is 0 Å². The van der Waals surface area contributed by atoms with Gasteiger partial charge in [0.25, 0.3) is 0 Å². The summed E-state index contributed by atoms with van der Waals surface area (Å²) in [6.07, 6.45) is 1.61. The Morgan fingerprint density at radius 3 is 2.64 bits per heavy atom. The number of fused-ring (bicyclic) bond motifs is 1. The van der Waals surface area contributed by atoms with Crippen LogP contribution in [0.3, 0.4) is 0 Å². The monoisotopic (exact) mass is 312 g/mol. The number of halogens is 1. The van der Waals surface area contributed by atoms with Crippen LogP contribution in [0.5, 0.6) is 0 Å². The predicted molar refractivity (Wildman–Crippen MR) is 88.3 cm³/mol. The highest BCUT2D eigenvalue weighted by atomic mass is 35.5. The van der Waals surface area contributed by atoms with E-state index in [-0.39, 0.29) is 17.9 Å². The van der Waals surface area contributed by atoms with Gasteiger partial charge >= 0.3 is 0 Å². The number of aromatic nitrogens is 1. The highest BCUT2D eigenvalue weighted by Crippen LogP contribution is 2.16. The summed E-state index contributed by atoms with van der Waals surface area (Å²) >= 11 is 5.93. The molecule has 0 atom stereocenters. The Labute approximate surface area is 132 Å². The summed E-state index contributed by atoms with van der Waals surface area (Å²) in [5.74, 6) is -0.161. The molecule has 0 aliphatic carbocycles. The SMILES string of the molecule is O=C(Cn1ccc(=O)c2cc(Cl)ccc21)Nc1ccccc1. The zero-order valence-corrected chi connectivity index (χ0v) is 12.4. The highest BCUT2D eigenvalue weighted by Gasteiger charge is 2.08. The molecule has 22 heavy (non-hydrogen) atoms. The van der Waals surface area contributed by atoms with E-state index in [0.29, 0.717) is 15.9 Å². The first-order valence-corrected chi connectivity index (χ1v) is 7.15. The Hall–Kier alpha value is -2.59. The van der Waals surface area contributed by atoms with Gasteiger partial charge in [0.05, 0.1) is 5.52 Å². The summed E-state index contributed by atoms with van der Waals surface area (Å²) < 4.78 is 1.73. The number of benzene rings is 2. The minimum absolute atomic E-state index is 0.114. The molecule has 3 aromatic rings. The van der Waals surface area contributed by atoms with Crippen LogP contribution in [0.2, 0.25) is 5.02 Å². The summed E-state index contributed by atoms with van der Waals surface area (Å²) in [4.78, 5) is 24.0. The molecule has 1 heterocycles. The standard InChI is InChI=1S/C17H13ClN2O2/c18-12-6-7-15-14(10-12)16(21)8-9-20(15)11-17(22)19-13-4-2-1-3-5-13/h1-10H,11H2,(H,19,22). The van der Waals surface area contributed by atoms with Crippen molar-refractivity contribution in [2.75, 3.05) is 5.32 Å². The maximum atomic E-state index is 12.1. The number of hydrogen-bond donors (Lipinski definition) is 1. The Morgan fingerprint density at radius 2 is 1.86 bits per heavy atom. The van der Waals surface area contributed by atoms with Crippen molar-refractivity contribution < 1.29 is 4.79 Å². The number of hydrogen-bond acceptors (Lipinski definition) is 2. The molecule has 0 saturated heterocycles. The number of para-hydroxylation sites is 1. The number of carbonyl (C=O) groups is 1. The van der Waals surface area contributed by atoms with Crippen LogP contribution in [0.15, 0.2) is 65.6 Å². The third kappa shape index (κ3) is 3.02. The average Bonchev–Trinajstić information content (AvgIpc) is 2.51. The minimum atomic E-state index is -0.161. The number of nitrogens with zero attached hydrogens (tertiary/aromatic N) is 1. The lowest BCUT2D eigenvalue weighted by Gasteiger charge is -2.11. The lowest BCUT2D eigenvalue weighted by Crippen LogP contribution is -2.20. The van der Waals surface area contributed by atoms with Gasteiger partial charge in [-0.1, -0.05) is 29.8 Å². The van der Waals surface area contributed by atoms with E-state index in [4.69, 9.17) is 11.6 Å². The number of rotatable bonds is 3. The minimum Gasteiger partial charge on any atom is -0.338 e. The molecule has 0 bridgehead atoms. The van der Waals surface area contributed by atoms with Crippen molar-refractivity contribution in [3.63, 3.8) is 0 Å². The van der Waals surface area contributed by atoms with Crippen LogP contribution in [-0.4, -0.2) is 10.5 Å². The van der Waals surface area contributed by atoms with Gasteiger partial charge in [0.2, 0.25) is 5.91 Å². The molecule has 0 radical (unpaired) electrons. The second-order valence-electron chi connectivity index (χ2n) is 4.88. The summed E-state index contributed by atoms with van der Waals surface area (Å²) in [6, 6.07) is 15.7. The molecular formula is C17H13ClN2O2. The van der Waals surface area contributed by atoms with Crippen molar-refractivity contribution in [1.29, 1.82) is 0 Å². The quantitative estimate of drug-likeness (QED) is 0.807. The maximum Gasteiger partial charge on any atom is 0.244 e.